The summed E-state index contributed by atoms with van der Waals surface area (Å²) in [5, 5.41) is 7.37. The fourth-order valence-corrected chi connectivity index (χ4v) is 3.80. The number of nitrogens with one attached hydrogen (secondary N) is 2. The molecule has 0 atom stereocenters. The lowest BCUT2D eigenvalue weighted by molar-refractivity contribution is -0.116. The van der Waals surface area contributed by atoms with Crippen LogP contribution in [-0.2, 0) is 4.79 Å². The normalized spacial score (nSPS) is 18.8. The van der Waals surface area contributed by atoms with Gasteiger partial charge in [0.2, 0.25) is 0 Å². The van der Waals surface area contributed by atoms with Gasteiger partial charge in [0.25, 0.3) is 5.91 Å². The van der Waals surface area contributed by atoms with Crippen molar-refractivity contribution in [2.45, 2.75) is 11.8 Å². The van der Waals surface area contributed by atoms with Crippen molar-refractivity contribution in [3.8, 4) is 0 Å². The molecule has 0 fully saturated rings. The fraction of sp³-hybridized carbons (Fsp3) is 0.0526. The number of nitrogens with zero attached hydrogens (tertiary/aromatic N) is 1. The highest BCUT2D eigenvalue weighted by Gasteiger charge is 2.26. The highest BCUT2D eigenvalue weighted by molar-refractivity contribution is 8.08. The Morgan fingerprint density at radius 1 is 1.08 bits per heavy atom. The zero-order valence-electron chi connectivity index (χ0n) is 13.5. The number of fused-ring (bicyclic) bond motifs is 1. The Morgan fingerprint density at radius 3 is 2.56 bits per heavy atom. The number of hydrogen-bond acceptors (Lipinski definition) is 5. The smallest absolute Gasteiger partial charge is 0.275 e. The van der Waals surface area contributed by atoms with Crippen LogP contribution in [0.5, 0.6) is 0 Å². The maximum Gasteiger partial charge on any atom is 0.275 e. The van der Waals surface area contributed by atoms with E-state index in [0.717, 1.165) is 32.4 Å². The van der Waals surface area contributed by atoms with Gasteiger partial charge in [-0.1, -0.05) is 30.0 Å². The maximum absolute atomic E-state index is 12.1. The van der Waals surface area contributed by atoms with Gasteiger partial charge in [0.05, 0.1) is 17.0 Å². The summed E-state index contributed by atoms with van der Waals surface area (Å²) in [7, 11) is 0. The molecule has 2 aliphatic heterocycles. The van der Waals surface area contributed by atoms with Crippen molar-refractivity contribution < 1.29 is 4.79 Å². The molecule has 0 saturated carbocycles. The zero-order chi connectivity index (χ0) is 17.4. The van der Waals surface area contributed by atoms with Crippen LogP contribution in [0, 0.1) is 0 Å². The largest absolute Gasteiger partial charge is 0.399 e. The minimum Gasteiger partial charge on any atom is -0.399 e. The first-order valence-corrected chi connectivity index (χ1v) is 8.64. The van der Waals surface area contributed by atoms with E-state index in [1.165, 1.54) is 0 Å². The van der Waals surface area contributed by atoms with Crippen LogP contribution < -0.4 is 16.5 Å². The molecular weight excluding hydrogens is 332 g/mol. The van der Waals surface area contributed by atoms with E-state index in [2.05, 4.69) is 21.9 Å². The number of nitrogens with two attached hydrogens (primary N) is 1. The van der Waals surface area contributed by atoms with Crippen LogP contribution in [-0.4, -0.2) is 11.6 Å². The summed E-state index contributed by atoms with van der Waals surface area (Å²) >= 11 is 1.64. The lowest BCUT2D eigenvalue weighted by atomic mass is 10.0. The summed E-state index contributed by atoms with van der Waals surface area (Å²) in [4.78, 5) is 14.3. The molecule has 4 N–H and O–H groups in total. The molecule has 4 rings (SSSR count). The minimum atomic E-state index is -0.188. The third kappa shape index (κ3) is 2.92. The number of thioether (sulfide) groups is 1. The highest BCUT2D eigenvalue weighted by atomic mass is 32.2. The maximum atomic E-state index is 12.1. The first-order valence-electron chi connectivity index (χ1n) is 7.82. The molecule has 6 heteroatoms. The number of benzene rings is 2. The van der Waals surface area contributed by atoms with Crippen molar-refractivity contribution in [1.29, 1.82) is 0 Å². The van der Waals surface area contributed by atoms with Gasteiger partial charge in [0.1, 0.15) is 0 Å². The summed E-state index contributed by atoms with van der Waals surface area (Å²) < 4.78 is 0. The van der Waals surface area contributed by atoms with Crippen molar-refractivity contribution in [3.63, 3.8) is 0 Å². The number of anilines is 2. The molecule has 0 unspecified atom stereocenters. The van der Waals surface area contributed by atoms with Gasteiger partial charge in [0.15, 0.2) is 0 Å². The van der Waals surface area contributed by atoms with Crippen molar-refractivity contribution >= 4 is 39.7 Å². The van der Waals surface area contributed by atoms with Gasteiger partial charge in [-0.15, -0.1) is 0 Å². The first kappa shape index (κ1) is 15.5. The predicted molar refractivity (Wildman–Crippen MR) is 103 cm³/mol. The van der Waals surface area contributed by atoms with E-state index in [9.17, 15) is 4.79 Å². The standard InChI is InChI=1S/C19H16N4OS/c1-11-18(19(24)23-22-11)16-10-17(14-4-2-3-5-15(14)21-16)25-13-8-6-12(20)7-9-13/h2-10,21H,20H2,1H3,(H,23,24)/b18-16-. The van der Waals surface area contributed by atoms with Gasteiger partial charge < -0.3 is 11.1 Å². The Balaban J connectivity index is 1.80. The fourth-order valence-electron chi connectivity index (χ4n) is 2.81. The molecule has 5 nitrogen and oxygen atoms in total. The van der Waals surface area contributed by atoms with Crippen LogP contribution >= 0.6 is 11.8 Å². The molecule has 2 heterocycles. The van der Waals surface area contributed by atoms with E-state index in [1.54, 1.807) is 11.8 Å². The van der Waals surface area contributed by atoms with Crippen LogP contribution in [0.1, 0.15) is 12.5 Å². The second kappa shape index (κ2) is 6.14. The van der Waals surface area contributed by atoms with E-state index >= 15 is 0 Å². The van der Waals surface area contributed by atoms with Crippen molar-refractivity contribution in [1.82, 2.24) is 5.43 Å². The quantitative estimate of drug-likeness (QED) is 0.572. The monoisotopic (exact) mass is 348 g/mol. The summed E-state index contributed by atoms with van der Waals surface area (Å²) in [6, 6.07) is 15.8. The Labute approximate surface area is 149 Å². The third-order valence-electron chi connectivity index (χ3n) is 4.03. The molecule has 1 amide bonds. The first-order chi connectivity index (χ1) is 12.1. The summed E-state index contributed by atoms with van der Waals surface area (Å²) in [5.41, 5.74) is 13.1. The molecule has 2 aromatic carbocycles. The van der Waals surface area contributed by atoms with E-state index in [1.807, 2.05) is 55.5 Å². The van der Waals surface area contributed by atoms with Crippen molar-refractivity contribution in [3.05, 3.63) is 71.4 Å². The molecule has 25 heavy (non-hydrogen) atoms. The molecule has 2 aliphatic rings. The highest BCUT2D eigenvalue weighted by Crippen LogP contribution is 2.42. The van der Waals surface area contributed by atoms with Crippen molar-refractivity contribution in [2.24, 2.45) is 5.10 Å². The number of allylic oxidation sites excluding steroid dienone is 1. The number of hydrogen-bond donors (Lipinski definition) is 3. The number of amides is 1. The molecule has 0 aromatic heterocycles. The summed E-state index contributed by atoms with van der Waals surface area (Å²) in [5.74, 6) is -0.188. The van der Waals surface area contributed by atoms with Crippen LogP contribution in [0.2, 0.25) is 0 Å². The lowest BCUT2D eigenvalue weighted by Gasteiger charge is -2.22. The topological polar surface area (TPSA) is 79.5 Å². The van der Waals surface area contributed by atoms with Crippen LogP contribution in [0.15, 0.2) is 75.9 Å². The van der Waals surface area contributed by atoms with E-state index in [-0.39, 0.29) is 5.91 Å². The lowest BCUT2D eigenvalue weighted by Crippen LogP contribution is -2.18. The Kier molecular flexibility index (Phi) is 3.82. The predicted octanol–water partition coefficient (Wildman–Crippen LogP) is 3.59. The van der Waals surface area contributed by atoms with Gasteiger partial charge in [-0.2, -0.15) is 5.10 Å². The van der Waals surface area contributed by atoms with Gasteiger partial charge >= 0.3 is 0 Å². The molecule has 0 radical (unpaired) electrons. The molecule has 2 aromatic rings. The number of nitrogen functional groups attached to an aromatic ring is 1. The number of carbonyl (C=O) groups is 1. The van der Waals surface area contributed by atoms with Gasteiger partial charge in [-0.25, -0.2) is 5.43 Å². The van der Waals surface area contributed by atoms with Gasteiger partial charge in [0, 0.05) is 26.7 Å². The van der Waals surface area contributed by atoms with E-state index in [0.29, 0.717) is 11.3 Å². The molecule has 0 saturated heterocycles. The molecule has 0 bridgehead atoms. The number of carbonyl (C=O) groups excluding carboxylic acids is 1. The van der Waals surface area contributed by atoms with Crippen LogP contribution in [0.3, 0.4) is 0 Å². The minimum absolute atomic E-state index is 0.188. The summed E-state index contributed by atoms with van der Waals surface area (Å²) in [6.45, 7) is 1.82. The molecule has 0 spiro atoms. The Morgan fingerprint density at radius 2 is 1.84 bits per heavy atom. The van der Waals surface area contributed by atoms with Crippen LogP contribution in [0.4, 0.5) is 11.4 Å². The number of para-hydroxylation sites is 1. The Bertz CT molecular complexity index is 958. The number of rotatable bonds is 2. The van der Waals surface area contributed by atoms with Gasteiger partial charge in [-0.05, 0) is 43.3 Å². The SMILES string of the molecule is CC1=NNC(=O)/C1=C1/C=C(Sc2ccc(N)cc2)c2ccccc2N1. The third-order valence-corrected chi connectivity index (χ3v) is 5.09. The van der Waals surface area contributed by atoms with Crippen LogP contribution in [0.25, 0.3) is 4.91 Å². The van der Waals surface area contributed by atoms with Gasteiger partial charge in [-0.3, -0.25) is 4.79 Å². The molecular formula is C19H16N4OS. The molecule has 0 aliphatic carbocycles. The average Bonchev–Trinajstić information content (AvgIpc) is 2.95. The van der Waals surface area contributed by atoms with E-state index in [4.69, 9.17) is 5.73 Å². The van der Waals surface area contributed by atoms with Crippen molar-refractivity contribution in [2.75, 3.05) is 11.1 Å². The Hall–Kier alpha value is -2.99. The second-order valence-corrected chi connectivity index (χ2v) is 6.89. The molecule has 124 valence electrons. The number of hydrazone groups is 1. The average molecular weight is 348 g/mol. The summed E-state index contributed by atoms with van der Waals surface area (Å²) in [6.07, 6.45) is 2.00. The van der Waals surface area contributed by atoms with E-state index < -0.39 is 0 Å². The zero-order valence-corrected chi connectivity index (χ0v) is 14.4. The second-order valence-electron chi connectivity index (χ2n) is 5.78.